The third-order valence-corrected chi connectivity index (χ3v) is 5.99. The van der Waals surface area contributed by atoms with Crippen molar-refractivity contribution < 1.29 is 18.3 Å². The summed E-state index contributed by atoms with van der Waals surface area (Å²) >= 11 is 1.04. The van der Waals surface area contributed by atoms with Crippen LogP contribution >= 0.6 is 11.3 Å². The van der Waals surface area contributed by atoms with E-state index in [-0.39, 0.29) is 10.1 Å². The maximum absolute atomic E-state index is 12.2. The molecule has 1 aromatic heterocycles. The summed E-state index contributed by atoms with van der Waals surface area (Å²) in [6, 6.07) is -1.13. The Hall–Kier alpha value is -0.990. The molecule has 0 saturated carbocycles. The van der Waals surface area contributed by atoms with Crippen molar-refractivity contribution in [1.29, 1.82) is 0 Å². The molecule has 0 spiro atoms. The summed E-state index contributed by atoms with van der Waals surface area (Å²) < 4.78 is 26.7. The first-order valence-corrected chi connectivity index (χ1v) is 8.18. The fourth-order valence-corrected chi connectivity index (χ4v) is 4.43. The zero-order chi connectivity index (χ0) is 14.8. The fourth-order valence-electron chi connectivity index (χ4n) is 1.63. The summed E-state index contributed by atoms with van der Waals surface area (Å²) in [5.74, 6) is -1.46. The zero-order valence-corrected chi connectivity index (χ0v) is 12.9. The molecule has 8 heteroatoms. The molecule has 0 saturated heterocycles. The van der Waals surface area contributed by atoms with Crippen LogP contribution in [-0.2, 0) is 14.8 Å². The van der Waals surface area contributed by atoms with Crippen molar-refractivity contribution in [2.75, 3.05) is 0 Å². The van der Waals surface area contributed by atoms with Crippen molar-refractivity contribution in [1.82, 2.24) is 9.71 Å². The molecule has 0 radical (unpaired) electrons. The lowest BCUT2D eigenvalue weighted by Crippen LogP contribution is -2.44. The molecule has 2 atom stereocenters. The van der Waals surface area contributed by atoms with Gasteiger partial charge in [-0.2, -0.15) is 4.72 Å². The number of sulfonamides is 1. The number of thiazole rings is 1. The van der Waals surface area contributed by atoms with E-state index in [4.69, 9.17) is 5.11 Å². The monoisotopic (exact) mass is 306 g/mol. The van der Waals surface area contributed by atoms with Gasteiger partial charge in [0, 0.05) is 0 Å². The van der Waals surface area contributed by atoms with Crippen LogP contribution in [0.2, 0.25) is 0 Å². The van der Waals surface area contributed by atoms with Crippen LogP contribution in [0.1, 0.15) is 31.0 Å². The molecule has 0 fully saturated rings. The van der Waals surface area contributed by atoms with Crippen LogP contribution in [0, 0.1) is 19.8 Å². The summed E-state index contributed by atoms with van der Waals surface area (Å²) in [6.07, 6.45) is 0.570. The van der Waals surface area contributed by atoms with Gasteiger partial charge in [-0.25, -0.2) is 13.4 Å². The van der Waals surface area contributed by atoms with Gasteiger partial charge in [0.15, 0.2) is 4.21 Å². The molecule has 0 aliphatic carbocycles. The van der Waals surface area contributed by atoms with Crippen LogP contribution in [-0.4, -0.2) is 30.5 Å². The molecule has 0 aliphatic rings. The maximum Gasteiger partial charge on any atom is 0.322 e. The van der Waals surface area contributed by atoms with Crippen molar-refractivity contribution in [3.8, 4) is 0 Å². The van der Waals surface area contributed by atoms with Gasteiger partial charge in [-0.15, -0.1) is 11.3 Å². The highest BCUT2D eigenvalue weighted by Gasteiger charge is 2.31. The number of rotatable bonds is 6. The number of aryl methyl sites for hydroxylation is 2. The molecule has 6 nitrogen and oxygen atoms in total. The van der Waals surface area contributed by atoms with Gasteiger partial charge in [0.2, 0.25) is 0 Å². The second-order valence-corrected chi connectivity index (χ2v) is 7.54. The Balaban J connectivity index is 3.08. The molecule has 0 aromatic carbocycles. The second-order valence-electron chi connectivity index (χ2n) is 4.43. The lowest BCUT2D eigenvalue weighted by Gasteiger charge is -2.19. The number of hydrogen-bond acceptors (Lipinski definition) is 5. The van der Waals surface area contributed by atoms with Gasteiger partial charge in [-0.05, 0) is 19.8 Å². The fraction of sp³-hybridized carbons (Fsp3) is 0.636. The summed E-state index contributed by atoms with van der Waals surface area (Å²) in [7, 11) is -3.84. The van der Waals surface area contributed by atoms with Crippen LogP contribution in [0.5, 0.6) is 0 Å². The number of nitrogens with zero attached hydrogens (tertiary/aromatic N) is 1. The Labute approximate surface area is 116 Å². The molecule has 0 aliphatic heterocycles. The standard InChI is InChI=1S/C11H18N2O4S2/c1-5-6(2)9(10(14)15)13-19(16,17)11-7(3)12-8(4)18-11/h6,9,13H,5H2,1-4H3,(H,14,15)/t6-,9-/m0/s1. The Kier molecular flexibility index (Phi) is 5.05. The highest BCUT2D eigenvalue weighted by Crippen LogP contribution is 2.23. The minimum absolute atomic E-state index is 0.0829. The lowest BCUT2D eigenvalue weighted by atomic mass is 10.0. The summed E-state index contributed by atoms with van der Waals surface area (Å²) in [6.45, 7) is 6.82. The van der Waals surface area contributed by atoms with Crippen LogP contribution in [0.3, 0.4) is 0 Å². The second kappa shape index (κ2) is 5.98. The van der Waals surface area contributed by atoms with Gasteiger partial charge in [0.25, 0.3) is 10.0 Å². The van der Waals surface area contributed by atoms with E-state index in [0.29, 0.717) is 17.1 Å². The minimum Gasteiger partial charge on any atom is -0.480 e. The van der Waals surface area contributed by atoms with E-state index in [1.165, 1.54) is 0 Å². The predicted octanol–water partition coefficient (Wildman–Crippen LogP) is 1.54. The Bertz CT molecular complexity index is 565. The summed E-state index contributed by atoms with van der Waals surface area (Å²) in [4.78, 5) is 15.2. The maximum atomic E-state index is 12.2. The molecule has 1 heterocycles. The first-order chi connectivity index (χ1) is 8.69. The Morgan fingerprint density at radius 2 is 2.05 bits per heavy atom. The predicted molar refractivity (Wildman–Crippen MR) is 72.8 cm³/mol. The number of nitrogens with one attached hydrogen (secondary N) is 1. The Morgan fingerprint density at radius 1 is 1.47 bits per heavy atom. The van der Waals surface area contributed by atoms with Crippen molar-refractivity contribution in [2.45, 2.75) is 44.4 Å². The SMILES string of the molecule is CC[C@H](C)[C@H](NS(=O)(=O)c1sc(C)nc1C)C(=O)O. The van der Waals surface area contributed by atoms with Crippen LogP contribution in [0.4, 0.5) is 0 Å². The molecule has 0 bridgehead atoms. The third kappa shape index (κ3) is 3.74. The third-order valence-electron chi connectivity index (χ3n) is 2.87. The molecular weight excluding hydrogens is 288 g/mol. The first kappa shape index (κ1) is 16.1. The van der Waals surface area contributed by atoms with Crippen LogP contribution in [0.15, 0.2) is 4.21 Å². The van der Waals surface area contributed by atoms with Gasteiger partial charge in [0.1, 0.15) is 6.04 Å². The van der Waals surface area contributed by atoms with E-state index in [9.17, 15) is 13.2 Å². The van der Waals surface area contributed by atoms with E-state index < -0.39 is 22.0 Å². The largest absolute Gasteiger partial charge is 0.480 e. The van der Waals surface area contributed by atoms with E-state index in [2.05, 4.69) is 9.71 Å². The lowest BCUT2D eigenvalue weighted by molar-refractivity contribution is -0.140. The normalized spacial score (nSPS) is 15.2. The number of hydrogen-bond donors (Lipinski definition) is 2. The molecule has 2 N–H and O–H groups in total. The van der Waals surface area contributed by atoms with Gasteiger partial charge >= 0.3 is 5.97 Å². The smallest absolute Gasteiger partial charge is 0.322 e. The van der Waals surface area contributed by atoms with Crippen molar-refractivity contribution >= 4 is 27.3 Å². The molecule has 1 aromatic rings. The van der Waals surface area contributed by atoms with E-state index in [1.54, 1.807) is 20.8 Å². The number of carboxylic acid groups (broad SMARTS) is 1. The van der Waals surface area contributed by atoms with E-state index >= 15 is 0 Å². The number of carbonyl (C=O) groups is 1. The quantitative estimate of drug-likeness (QED) is 0.831. The number of aliphatic carboxylic acids is 1. The molecule has 19 heavy (non-hydrogen) atoms. The Morgan fingerprint density at radius 3 is 2.42 bits per heavy atom. The number of carboxylic acids is 1. The highest BCUT2D eigenvalue weighted by atomic mass is 32.2. The zero-order valence-electron chi connectivity index (χ0n) is 11.3. The average molecular weight is 306 g/mol. The first-order valence-electron chi connectivity index (χ1n) is 5.88. The van der Waals surface area contributed by atoms with Crippen LogP contribution in [0.25, 0.3) is 0 Å². The summed E-state index contributed by atoms with van der Waals surface area (Å²) in [5, 5.41) is 9.75. The molecule has 0 amide bonds. The number of aromatic nitrogens is 1. The van der Waals surface area contributed by atoms with Gasteiger partial charge < -0.3 is 5.11 Å². The minimum atomic E-state index is -3.84. The highest BCUT2D eigenvalue weighted by molar-refractivity contribution is 7.91. The van der Waals surface area contributed by atoms with E-state index in [1.807, 2.05) is 6.92 Å². The average Bonchev–Trinajstić information content (AvgIpc) is 2.65. The van der Waals surface area contributed by atoms with Crippen molar-refractivity contribution in [2.24, 2.45) is 5.92 Å². The molecule has 1 rings (SSSR count). The van der Waals surface area contributed by atoms with Gasteiger partial charge in [-0.3, -0.25) is 4.79 Å². The molecule has 108 valence electrons. The topological polar surface area (TPSA) is 96.4 Å². The molecular formula is C11H18N2O4S2. The van der Waals surface area contributed by atoms with Gasteiger partial charge in [-0.1, -0.05) is 20.3 Å². The van der Waals surface area contributed by atoms with E-state index in [0.717, 1.165) is 11.3 Å². The van der Waals surface area contributed by atoms with Crippen LogP contribution < -0.4 is 4.72 Å². The van der Waals surface area contributed by atoms with Crippen molar-refractivity contribution in [3.63, 3.8) is 0 Å². The van der Waals surface area contributed by atoms with Crippen molar-refractivity contribution in [3.05, 3.63) is 10.7 Å². The summed E-state index contributed by atoms with van der Waals surface area (Å²) in [5.41, 5.74) is 0.392. The molecule has 0 unspecified atom stereocenters. The van der Waals surface area contributed by atoms with Gasteiger partial charge in [0.05, 0.1) is 10.7 Å².